The highest BCUT2D eigenvalue weighted by Crippen LogP contribution is 2.21. The van der Waals surface area contributed by atoms with E-state index < -0.39 is 15.9 Å². The number of rotatable bonds is 7. The molecule has 0 aromatic heterocycles. The summed E-state index contributed by atoms with van der Waals surface area (Å²) in [6.07, 6.45) is 0. The summed E-state index contributed by atoms with van der Waals surface area (Å²) in [6, 6.07) is 22.9. The van der Waals surface area contributed by atoms with Crippen LogP contribution < -0.4 is 5.32 Å². The number of nitrogens with one attached hydrogen (secondary N) is 1. The molecule has 0 saturated carbocycles. The number of nitrogens with zero attached hydrogens (tertiary/aromatic N) is 1. The summed E-state index contributed by atoms with van der Waals surface area (Å²) in [5.41, 5.74) is 2.51. The summed E-state index contributed by atoms with van der Waals surface area (Å²) in [4.78, 5) is 12.7. The fourth-order valence-electron chi connectivity index (χ4n) is 2.76. The Morgan fingerprint density at radius 1 is 0.931 bits per heavy atom. The molecule has 0 bridgehead atoms. The number of para-hydroxylation sites is 1. The van der Waals surface area contributed by atoms with Crippen molar-refractivity contribution in [3.05, 3.63) is 94.5 Å². The van der Waals surface area contributed by atoms with Gasteiger partial charge in [0.15, 0.2) is 0 Å². The zero-order chi connectivity index (χ0) is 20.9. The molecule has 0 aliphatic rings. The van der Waals surface area contributed by atoms with Crippen LogP contribution in [-0.4, -0.2) is 25.2 Å². The normalized spacial score (nSPS) is 11.4. The lowest BCUT2D eigenvalue weighted by atomic mass is 10.1. The number of carbonyl (C=O) groups excluding carboxylic acids is 1. The molecule has 0 heterocycles. The lowest BCUT2D eigenvalue weighted by Crippen LogP contribution is -2.37. The Morgan fingerprint density at radius 3 is 2.17 bits per heavy atom. The lowest BCUT2D eigenvalue weighted by molar-refractivity contribution is -0.116. The van der Waals surface area contributed by atoms with Crippen LogP contribution in [0.15, 0.2) is 88.2 Å². The van der Waals surface area contributed by atoms with Crippen molar-refractivity contribution < 1.29 is 13.2 Å². The van der Waals surface area contributed by atoms with Gasteiger partial charge in [-0.2, -0.15) is 4.31 Å². The number of amides is 1. The Balaban J connectivity index is 1.87. The standard InChI is InChI=1S/C22H21BrN2O3S/c1-17-7-9-18(10-8-17)15-25(16-22(26)24-20-5-3-2-4-6-20)29(27,28)21-13-11-19(23)12-14-21/h2-14H,15-16H2,1H3,(H,24,26). The Bertz CT molecular complexity index is 1070. The third kappa shape index (κ3) is 5.76. The zero-order valence-corrected chi connectivity index (χ0v) is 18.3. The van der Waals surface area contributed by atoms with Gasteiger partial charge in [0.2, 0.25) is 15.9 Å². The van der Waals surface area contributed by atoms with Crippen LogP contribution in [0.2, 0.25) is 0 Å². The summed E-state index contributed by atoms with van der Waals surface area (Å²) in [6.45, 7) is 1.77. The van der Waals surface area contributed by atoms with Crippen LogP contribution in [0.25, 0.3) is 0 Å². The molecule has 0 saturated heterocycles. The van der Waals surface area contributed by atoms with Crippen molar-refractivity contribution in [1.82, 2.24) is 4.31 Å². The molecule has 0 unspecified atom stereocenters. The number of carbonyl (C=O) groups is 1. The quantitative estimate of drug-likeness (QED) is 0.546. The number of aryl methyl sites for hydroxylation is 1. The number of sulfonamides is 1. The van der Waals surface area contributed by atoms with Crippen LogP contribution in [-0.2, 0) is 21.4 Å². The van der Waals surface area contributed by atoms with Gasteiger partial charge in [0.05, 0.1) is 11.4 Å². The summed E-state index contributed by atoms with van der Waals surface area (Å²) < 4.78 is 28.4. The Morgan fingerprint density at radius 2 is 1.55 bits per heavy atom. The van der Waals surface area contributed by atoms with Crippen molar-refractivity contribution in [3.8, 4) is 0 Å². The van der Waals surface area contributed by atoms with Crippen molar-refractivity contribution in [2.24, 2.45) is 0 Å². The van der Waals surface area contributed by atoms with E-state index in [2.05, 4.69) is 21.2 Å². The minimum absolute atomic E-state index is 0.0981. The van der Waals surface area contributed by atoms with Gasteiger partial charge in [-0.15, -0.1) is 0 Å². The van der Waals surface area contributed by atoms with Crippen LogP contribution in [0, 0.1) is 6.92 Å². The van der Waals surface area contributed by atoms with Gasteiger partial charge in [0.1, 0.15) is 0 Å². The second kappa shape index (κ2) is 9.35. The number of benzene rings is 3. The maximum absolute atomic E-state index is 13.2. The molecule has 0 atom stereocenters. The van der Waals surface area contributed by atoms with Gasteiger partial charge in [0, 0.05) is 16.7 Å². The molecule has 0 aliphatic heterocycles. The molecular formula is C22H21BrN2O3S. The van der Waals surface area contributed by atoms with Gasteiger partial charge in [-0.1, -0.05) is 64.0 Å². The largest absolute Gasteiger partial charge is 0.325 e. The van der Waals surface area contributed by atoms with Gasteiger partial charge in [-0.25, -0.2) is 8.42 Å². The average molecular weight is 473 g/mol. The second-order valence-electron chi connectivity index (χ2n) is 6.63. The Labute approximate surface area is 179 Å². The first-order valence-corrected chi connectivity index (χ1v) is 11.2. The van der Waals surface area contributed by atoms with E-state index in [0.29, 0.717) is 5.69 Å². The first-order chi connectivity index (χ1) is 13.8. The van der Waals surface area contributed by atoms with Crippen molar-refractivity contribution >= 4 is 37.5 Å². The fourth-order valence-corrected chi connectivity index (χ4v) is 4.41. The highest BCUT2D eigenvalue weighted by Gasteiger charge is 2.27. The Kier molecular flexibility index (Phi) is 6.84. The van der Waals surface area contributed by atoms with Crippen LogP contribution in [0.3, 0.4) is 0 Å². The molecule has 1 amide bonds. The molecule has 3 aromatic carbocycles. The average Bonchev–Trinajstić information content (AvgIpc) is 2.70. The third-order valence-electron chi connectivity index (χ3n) is 4.31. The summed E-state index contributed by atoms with van der Waals surface area (Å²) in [5, 5.41) is 2.75. The van der Waals surface area contributed by atoms with Crippen LogP contribution in [0.4, 0.5) is 5.69 Å². The SMILES string of the molecule is Cc1ccc(CN(CC(=O)Nc2ccccc2)S(=O)(=O)c2ccc(Br)cc2)cc1. The minimum atomic E-state index is -3.86. The van der Waals surface area contributed by atoms with Gasteiger partial charge < -0.3 is 5.32 Å². The smallest absolute Gasteiger partial charge is 0.243 e. The van der Waals surface area contributed by atoms with Crippen molar-refractivity contribution in [2.75, 3.05) is 11.9 Å². The number of hydrogen-bond acceptors (Lipinski definition) is 3. The van der Waals surface area contributed by atoms with E-state index in [0.717, 1.165) is 15.6 Å². The van der Waals surface area contributed by atoms with Gasteiger partial charge in [0.25, 0.3) is 0 Å². The highest BCUT2D eigenvalue weighted by molar-refractivity contribution is 9.10. The predicted octanol–water partition coefficient (Wildman–Crippen LogP) is 4.59. The highest BCUT2D eigenvalue weighted by atomic mass is 79.9. The topological polar surface area (TPSA) is 66.5 Å². The maximum atomic E-state index is 13.2. The van der Waals surface area contributed by atoms with E-state index in [9.17, 15) is 13.2 Å². The second-order valence-corrected chi connectivity index (χ2v) is 9.48. The lowest BCUT2D eigenvalue weighted by Gasteiger charge is -2.22. The molecule has 1 N–H and O–H groups in total. The van der Waals surface area contributed by atoms with Crippen LogP contribution in [0.5, 0.6) is 0 Å². The molecular weight excluding hydrogens is 452 g/mol. The molecule has 0 radical (unpaired) electrons. The molecule has 0 aliphatic carbocycles. The molecule has 29 heavy (non-hydrogen) atoms. The summed E-state index contributed by atoms with van der Waals surface area (Å²) >= 11 is 3.31. The monoisotopic (exact) mass is 472 g/mol. The van der Waals surface area contributed by atoms with E-state index in [1.807, 2.05) is 37.3 Å². The third-order valence-corrected chi connectivity index (χ3v) is 6.64. The predicted molar refractivity (Wildman–Crippen MR) is 118 cm³/mol. The van der Waals surface area contributed by atoms with Crippen molar-refractivity contribution in [1.29, 1.82) is 0 Å². The number of anilines is 1. The minimum Gasteiger partial charge on any atom is -0.325 e. The first-order valence-electron chi connectivity index (χ1n) is 9.01. The van der Waals surface area contributed by atoms with Crippen LogP contribution >= 0.6 is 15.9 Å². The van der Waals surface area contributed by atoms with E-state index in [-0.39, 0.29) is 18.0 Å². The van der Waals surface area contributed by atoms with Crippen molar-refractivity contribution in [3.63, 3.8) is 0 Å². The van der Waals surface area contributed by atoms with E-state index in [4.69, 9.17) is 0 Å². The summed E-state index contributed by atoms with van der Waals surface area (Å²) in [7, 11) is -3.86. The van der Waals surface area contributed by atoms with Crippen molar-refractivity contribution in [2.45, 2.75) is 18.4 Å². The van der Waals surface area contributed by atoms with E-state index in [1.54, 1.807) is 36.4 Å². The first kappa shape index (κ1) is 21.2. The van der Waals surface area contributed by atoms with Gasteiger partial charge in [-0.05, 0) is 48.9 Å². The van der Waals surface area contributed by atoms with Gasteiger partial charge >= 0.3 is 0 Å². The molecule has 0 fully saturated rings. The van der Waals surface area contributed by atoms with E-state index in [1.165, 1.54) is 16.4 Å². The molecule has 7 heteroatoms. The molecule has 5 nitrogen and oxygen atoms in total. The van der Waals surface area contributed by atoms with Crippen LogP contribution in [0.1, 0.15) is 11.1 Å². The van der Waals surface area contributed by atoms with E-state index >= 15 is 0 Å². The number of halogens is 1. The Hall–Kier alpha value is -2.48. The fraction of sp³-hybridized carbons (Fsp3) is 0.136. The molecule has 0 spiro atoms. The zero-order valence-electron chi connectivity index (χ0n) is 15.9. The van der Waals surface area contributed by atoms with Gasteiger partial charge in [-0.3, -0.25) is 4.79 Å². The molecule has 3 rings (SSSR count). The maximum Gasteiger partial charge on any atom is 0.243 e. The molecule has 150 valence electrons. The molecule has 3 aromatic rings. The number of hydrogen-bond donors (Lipinski definition) is 1. The summed E-state index contributed by atoms with van der Waals surface area (Å²) in [5.74, 6) is -0.399.